The van der Waals surface area contributed by atoms with Gasteiger partial charge in [-0.15, -0.1) is 0 Å². The van der Waals surface area contributed by atoms with Crippen molar-refractivity contribution >= 4 is 18.0 Å². The maximum Gasteiger partial charge on any atom is 0.408 e. The van der Waals surface area contributed by atoms with Gasteiger partial charge in [-0.1, -0.05) is 0 Å². The highest BCUT2D eigenvalue weighted by atomic mass is 16.6. The summed E-state index contributed by atoms with van der Waals surface area (Å²) < 4.78 is 9.61. The molecular formula is C13H22N2O6. The van der Waals surface area contributed by atoms with Gasteiger partial charge in [-0.2, -0.15) is 0 Å². The largest absolute Gasteiger partial charge is 0.467 e. The van der Waals surface area contributed by atoms with Crippen molar-refractivity contribution in [2.75, 3.05) is 20.3 Å². The lowest BCUT2D eigenvalue weighted by Gasteiger charge is -2.20. The van der Waals surface area contributed by atoms with Crippen molar-refractivity contribution in [2.45, 2.75) is 38.3 Å². The molecule has 0 saturated heterocycles. The molecule has 3 N–H and O–H groups in total. The van der Waals surface area contributed by atoms with Crippen molar-refractivity contribution in [1.82, 2.24) is 10.6 Å². The number of alkyl carbamates (subject to hydrolysis) is 1. The van der Waals surface area contributed by atoms with Gasteiger partial charge in [0.25, 0.3) is 0 Å². The summed E-state index contributed by atoms with van der Waals surface area (Å²) in [4.78, 5) is 34.9. The van der Waals surface area contributed by atoms with Crippen molar-refractivity contribution < 1.29 is 29.0 Å². The third kappa shape index (κ3) is 4.59. The molecule has 0 aromatic rings. The summed E-state index contributed by atoms with van der Waals surface area (Å²) in [6.45, 7) is 4.56. The van der Waals surface area contributed by atoms with Crippen LogP contribution >= 0.6 is 0 Å². The first-order chi connectivity index (χ1) is 9.64. The molecule has 21 heavy (non-hydrogen) atoms. The number of amides is 2. The fourth-order valence-electron chi connectivity index (χ4n) is 1.95. The second-order valence-corrected chi connectivity index (χ2v) is 5.95. The zero-order valence-electron chi connectivity index (χ0n) is 12.7. The van der Waals surface area contributed by atoms with Crippen LogP contribution < -0.4 is 10.6 Å². The highest BCUT2D eigenvalue weighted by Gasteiger charge is 2.61. The van der Waals surface area contributed by atoms with Gasteiger partial charge in [0.1, 0.15) is 17.7 Å². The molecule has 0 aromatic carbocycles. The highest BCUT2D eigenvalue weighted by molar-refractivity contribution is 5.92. The number of carbonyl (C=O) groups excluding carboxylic acids is 3. The molecule has 1 aliphatic carbocycles. The Bertz CT molecular complexity index is 431. The first-order valence-electron chi connectivity index (χ1n) is 6.62. The Kier molecular flexibility index (Phi) is 5.16. The van der Waals surface area contributed by atoms with Gasteiger partial charge in [-0.05, 0) is 27.2 Å². The molecule has 0 radical (unpaired) electrons. The number of aliphatic hydroxyl groups is 1. The lowest BCUT2D eigenvalue weighted by Crippen LogP contribution is -2.49. The summed E-state index contributed by atoms with van der Waals surface area (Å²) in [7, 11) is 1.21. The summed E-state index contributed by atoms with van der Waals surface area (Å²) >= 11 is 0. The smallest absolute Gasteiger partial charge is 0.408 e. The molecular weight excluding hydrogens is 280 g/mol. The number of ether oxygens (including phenoxy) is 2. The predicted molar refractivity (Wildman–Crippen MR) is 72.3 cm³/mol. The Labute approximate surface area is 123 Å². The molecule has 0 heterocycles. The van der Waals surface area contributed by atoms with Crippen LogP contribution in [0.15, 0.2) is 0 Å². The van der Waals surface area contributed by atoms with Gasteiger partial charge in [-0.3, -0.25) is 4.79 Å². The van der Waals surface area contributed by atoms with E-state index in [0.29, 0.717) is 6.42 Å². The van der Waals surface area contributed by atoms with Gasteiger partial charge < -0.3 is 25.2 Å². The van der Waals surface area contributed by atoms with Gasteiger partial charge >= 0.3 is 12.1 Å². The number of nitrogens with one attached hydrogen (secondary N) is 2. The maximum absolute atomic E-state index is 11.8. The predicted octanol–water partition coefficient (Wildman–Crippen LogP) is -0.449. The van der Waals surface area contributed by atoms with Gasteiger partial charge in [0.15, 0.2) is 0 Å². The van der Waals surface area contributed by atoms with Gasteiger partial charge in [-0.25, -0.2) is 9.59 Å². The number of hydrogen-bond donors (Lipinski definition) is 3. The van der Waals surface area contributed by atoms with Gasteiger partial charge in [0.2, 0.25) is 5.91 Å². The van der Waals surface area contributed by atoms with E-state index in [-0.39, 0.29) is 19.1 Å². The van der Waals surface area contributed by atoms with E-state index in [0.717, 1.165) is 0 Å². The zero-order chi connectivity index (χ0) is 16.3. The topological polar surface area (TPSA) is 114 Å². The zero-order valence-corrected chi connectivity index (χ0v) is 12.7. The van der Waals surface area contributed by atoms with Crippen LogP contribution in [-0.2, 0) is 19.1 Å². The van der Waals surface area contributed by atoms with Crippen molar-refractivity contribution in [3.63, 3.8) is 0 Å². The molecule has 0 unspecified atom stereocenters. The third-order valence-electron chi connectivity index (χ3n) is 3.03. The minimum absolute atomic E-state index is 0.227. The van der Waals surface area contributed by atoms with Crippen LogP contribution in [0.5, 0.6) is 0 Å². The van der Waals surface area contributed by atoms with Crippen molar-refractivity contribution in [3.8, 4) is 0 Å². The Balaban J connectivity index is 2.46. The van der Waals surface area contributed by atoms with Gasteiger partial charge in [0, 0.05) is 12.5 Å². The Morgan fingerprint density at radius 2 is 1.95 bits per heavy atom. The van der Waals surface area contributed by atoms with E-state index in [4.69, 9.17) is 9.84 Å². The van der Waals surface area contributed by atoms with E-state index in [9.17, 15) is 14.4 Å². The van der Waals surface area contributed by atoms with Crippen LogP contribution in [0.25, 0.3) is 0 Å². The number of hydrogen-bond acceptors (Lipinski definition) is 6. The number of methoxy groups -OCH3 is 1. The lowest BCUT2D eigenvalue weighted by atomic mass is 10.2. The summed E-state index contributed by atoms with van der Waals surface area (Å²) in [5.41, 5.74) is -1.84. The molecule has 2 atom stereocenters. The SMILES string of the molecule is COC(=O)[C@@]1(NC(=O)CNC(=O)OC(C)(C)C)C[C@@H]1CO. The number of rotatable bonds is 5. The molecule has 8 heteroatoms. The molecule has 0 aliphatic heterocycles. The molecule has 1 saturated carbocycles. The summed E-state index contributed by atoms with van der Waals surface area (Å²) in [5.74, 6) is -1.52. The van der Waals surface area contributed by atoms with E-state index in [2.05, 4.69) is 15.4 Å². The van der Waals surface area contributed by atoms with E-state index in [1.807, 2.05) is 0 Å². The lowest BCUT2D eigenvalue weighted by molar-refractivity contribution is -0.147. The normalized spacial score (nSPS) is 24.0. The second kappa shape index (κ2) is 6.30. The summed E-state index contributed by atoms with van der Waals surface area (Å²) in [5, 5.41) is 13.9. The molecule has 8 nitrogen and oxygen atoms in total. The first kappa shape index (κ1) is 17.2. The molecule has 1 aliphatic rings. The highest BCUT2D eigenvalue weighted by Crippen LogP contribution is 2.43. The number of esters is 1. The Hall–Kier alpha value is -1.83. The Morgan fingerprint density at radius 3 is 2.38 bits per heavy atom. The third-order valence-corrected chi connectivity index (χ3v) is 3.03. The number of aliphatic hydroxyl groups excluding tert-OH is 1. The number of carbonyl (C=O) groups is 3. The van der Waals surface area contributed by atoms with E-state index < -0.39 is 29.1 Å². The molecule has 120 valence electrons. The molecule has 1 rings (SSSR count). The average molecular weight is 302 g/mol. The average Bonchev–Trinajstić information content (AvgIpc) is 3.08. The van der Waals surface area contributed by atoms with Crippen molar-refractivity contribution in [2.24, 2.45) is 5.92 Å². The first-order valence-corrected chi connectivity index (χ1v) is 6.62. The van der Waals surface area contributed by atoms with E-state index in [1.165, 1.54) is 7.11 Å². The standard InChI is InChI=1S/C13H22N2O6/c1-12(2,3)21-11(19)14-6-9(17)15-13(10(18)20-4)5-8(13)7-16/h8,16H,5-7H2,1-4H3,(H,14,19)(H,15,17)/t8-,13-/m1/s1. The van der Waals surface area contributed by atoms with Crippen LogP contribution in [-0.4, -0.2) is 54.5 Å². The second-order valence-electron chi connectivity index (χ2n) is 5.95. The monoisotopic (exact) mass is 302 g/mol. The minimum Gasteiger partial charge on any atom is -0.467 e. The molecule has 2 amide bonds. The molecule has 0 spiro atoms. The fourth-order valence-corrected chi connectivity index (χ4v) is 1.95. The van der Waals surface area contributed by atoms with Crippen LogP contribution in [0.4, 0.5) is 4.79 Å². The van der Waals surface area contributed by atoms with Crippen LogP contribution in [0.2, 0.25) is 0 Å². The Morgan fingerprint density at radius 1 is 1.33 bits per heavy atom. The molecule has 1 fully saturated rings. The maximum atomic E-state index is 11.8. The van der Waals surface area contributed by atoms with Gasteiger partial charge in [0.05, 0.1) is 7.11 Å². The molecule has 0 aromatic heterocycles. The van der Waals surface area contributed by atoms with Crippen molar-refractivity contribution in [3.05, 3.63) is 0 Å². The van der Waals surface area contributed by atoms with E-state index >= 15 is 0 Å². The van der Waals surface area contributed by atoms with E-state index in [1.54, 1.807) is 20.8 Å². The summed E-state index contributed by atoms with van der Waals surface area (Å²) in [6.07, 6.45) is -0.409. The molecule has 0 bridgehead atoms. The van der Waals surface area contributed by atoms with Crippen LogP contribution in [0, 0.1) is 5.92 Å². The fraction of sp³-hybridized carbons (Fsp3) is 0.769. The van der Waals surface area contributed by atoms with Crippen LogP contribution in [0.1, 0.15) is 27.2 Å². The minimum atomic E-state index is -1.18. The van der Waals surface area contributed by atoms with Crippen molar-refractivity contribution in [1.29, 1.82) is 0 Å². The quantitative estimate of drug-likeness (QED) is 0.593. The summed E-state index contributed by atoms with van der Waals surface area (Å²) in [6, 6.07) is 0. The van der Waals surface area contributed by atoms with Crippen LogP contribution in [0.3, 0.4) is 0 Å².